The first-order valence-corrected chi connectivity index (χ1v) is 9.65. The summed E-state index contributed by atoms with van der Waals surface area (Å²) in [4.78, 5) is 0.259. The summed E-state index contributed by atoms with van der Waals surface area (Å²) in [6.45, 7) is 0. The Kier molecular flexibility index (Phi) is 4.59. The summed E-state index contributed by atoms with van der Waals surface area (Å²) < 4.78 is 28.7. The van der Waals surface area contributed by atoms with Gasteiger partial charge < -0.3 is 0 Å². The van der Waals surface area contributed by atoms with Gasteiger partial charge in [-0.1, -0.05) is 35.9 Å². The van der Waals surface area contributed by atoms with E-state index in [1.165, 1.54) is 0 Å². The second-order valence-electron chi connectivity index (χ2n) is 5.42. The molecule has 2 aromatic carbocycles. The molecule has 2 aromatic rings. The minimum atomic E-state index is -3.58. The van der Waals surface area contributed by atoms with Crippen LogP contribution in [0.15, 0.2) is 57.9 Å². The molecule has 1 aliphatic carbocycles. The zero-order valence-corrected chi connectivity index (χ0v) is 14.8. The van der Waals surface area contributed by atoms with Gasteiger partial charge in [-0.2, -0.15) is 0 Å². The molecule has 6 heteroatoms. The molecule has 1 saturated carbocycles. The van der Waals surface area contributed by atoms with Gasteiger partial charge in [-0.3, -0.25) is 0 Å². The average Bonchev–Trinajstić information content (AvgIpc) is 3.31. The van der Waals surface area contributed by atoms with Crippen LogP contribution in [0.1, 0.15) is 24.4 Å². The molecule has 0 aliphatic heterocycles. The van der Waals surface area contributed by atoms with E-state index in [-0.39, 0.29) is 10.9 Å². The van der Waals surface area contributed by atoms with Crippen molar-refractivity contribution in [3.05, 3.63) is 63.6 Å². The van der Waals surface area contributed by atoms with E-state index >= 15 is 0 Å². The summed E-state index contributed by atoms with van der Waals surface area (Å²) in [6, 6.07) is 14.0. The lowest BCUT2D eigenvalue weighted by atomic mass is 10.0. The van der Waals surface area contributed by atoms with E-state index in [1.54, 1.807) is 36.4 Å². The fourth-order valence-electron chi connectivity index (χ4n) is 2.43. The molecule has 0 spiro atoms. The lowest BCUT2D eigenvalue weighted by molar-refractivity contribution is 0.528. The van der Waals surface area contributed by atoms with E-state index in [9.17, 15) is 8.42 Å². The highest BCUT2D eigenvalue weighted by Crippen LogP contribution is 2.42. The van der Waals surface area contributed by atoms with Gasteiger partial charge in [-0.25, -0.2) is 13.1 Å². The third-order valence-corrected chi connectivity index (χ3v) is 6.44. The Morgan fingerprint density at radius 2 is 1.73 bits per heavy atom. The summed E-state index contributed by atoms with van der Waals surface area (Å²) in [5.41, 5.74) is 0.947. The van der Waals surface area contributed by atoms with Crippen molar-refractivity contribution in [2.45, 2.75) is 23.8 Å². The summed E-state index contributed by atoms with van der Waals surface area (Å²) in [5.74, 6) is 0.346. The quantitative estimate of drug-likeness (QED) is 0.801. The van der Waals surface area contributed by atoms with E-state index in [0.29, 0.717) is 15.4 Å². The minimum Gasteiger partial charge on any atom is -0.207 e. The van der Waals surface area contributed by atoms with Gasteiger partial charge in [-0.05, 0) is 64.5 Å². The summed E-state index contributed by atoms with van der Waals surface area (Å²) in [5, 5.41) is 0.645. The predicted molar refractivity (Wildman–Crippen MR) is 91.4 cm³/mol. The Hall–Kier alpha value is -0.880. The van der Waals surface area contributed by atoms with Gasteiger partial charge >= 0.3 is 0 Å². The van der Waals surface area contributed by atoms with Gasteiger partial charge in [0.1, 0.15) is 0 Å². The van der Waals surface area contributed by atoms with Crippen LogP contribution in [0.3, 0.4) is 0 Å². The van der Waals surface area contributed by atoms with Crippen molar-refractivity contribution < 1.29 is 8.42 Å². The number of sulfonamides is 1. The van der Waals surface area contributed by atoms with Crippen molar-refractivity contribution in [3.8, 4) is 0 Å². The van der Waals surface area contributed by atoms with Crippen molar-refractivity contribution in [1.29, 1.82) is 0 Å². The van der Waals surface area contributed by atoms with Crippen LogP contribution in [0.4, 0.5) is 0 Å². The first-order chi connectivity index (χ1) is 10.5. The van der Waals surface area contributed by atoms with E-state index in [1.807, 2.05) is 12.1 Å². The number of hydrogen-bond acceptors (Lipinski definition) is 2. The maximum atomic E-state index is 12.7. The maximum absolute atomic E-state index is 12.7. The molecule has 116 valence electrons. The molecule has 3 nitrogen and oxygen atoms in total. The van der Waals surface area contributed by atoms with Gasteiger partial charge in [-0.15, -0.1) is 0 Å². The van der Waals surface area contributed by atoms with Crippen molar-refractivity contribution in [2.75, 3.05) is 0 Å². The molecular formula is C16H15BrClNO2S. The van der Waals surface area contributed by atoms with E-state index in [0.717, 1.165) is 18.4 Å². The molecule has 1 atom stereocenters. The Labute approximate surface area is 143 Å². The van der Waals surface area contributed by atoms with Gasteiger partial charge in [0.15, 0.2) is 0 Å². The highest BCUT2D eigenvalue weighted by atomic mass is 79.9. The highest BCUT2D eigenvalue weighted by molar-refractivity contribution is 9.10. The summed E-state index contributed by atoms with van der Waals surface area (Å²) in [6.07, 6.45) is 2.07. The normalized spacial score (nSPS) is 16.5. The van der Waals surface area contributed by atoms with E-state index < -0.39 is 10.0 Å². The van der Waals surface area contributed by atoms with Crippen molar-refractivity contribution in [1.82, 2.24) is 4.72 Å². The Balaban J connectivity index is 1.91. The van der Waals surface area contributed by atoms with Crippen LogP contribution in [-0.4, -0.2) is 8.42 Å². The van der Waals surface area contributed by atoms with Crippen molar-refractivity contribution in [3.63, 3.8) is 0 Å². The summed E-state index contributed by atoms with van der Waals surface area (Å²) in [7, 11) is -3.58. The molecule has 1 aliphatic rings. The third kappa shape index (κ3) is 3.54. The number of nitrogens with one attached hydrogen (secondary N) is 1. The molecule has 0 amide bonds. The smallest absolute Gasteiger partial charge is 0.207 e. The molecule has 22 heavy (non-hydrogen) atoms. The maximum Gasteiger partial charge on any atom is 0.242 e. The molecule has 3 rings (SSSR count). The first-order valence-electron chi connectivity index (χ1n) is 7.00. The van der Waals surface area contributed by atoms with Gasteiger partial charge in [0.05, 0.1) is 4.90 Å². The van der Waals surface area contributed by atoms with Crippen LogP contribution in [0.5, 0.6) is 0 Å². The average molecular weight is 401 g/mol. The van der Waals surface area contributed by atoms with Crippen LogP contribution >= 0.6 is 27.5 Å². The number of halogens is 2. The Bertz CT molecular complexity index is 773. The number of hydrogen-bond donors (Lipinski definition) is 1. The zero-order valence-electron chi connectivity index (χ0n) is 11.7. The third-order valence-electron chi connectivity index (χ3n) is 3.73. The van der Waals surface area contributed by atoms with E-state index in [2.05, 4.69) is 20.7 Å². The van der Waals surface area contributed by atoms with Crippen molar-refractivity contribution in [2.24, 2.45) is 5.92 Å². The minimum absolute atomic E-state index is 0.214. The molecule has 0 bridgehead atoms. The lowest BCUT2D eigenvalue weighted by Crippen LogP contribution is -2.30. The molecule has 0 aromatic heterocycles. The summed E-state index contributed by atoms with van der Waals surface area (Å²) >= 11 is 9.22. The molecule has 0 saturated heterocycles. The molecule has 0 heterocycles. The number of rotatable bonds is 5. The molecule has 0 unspecified atom stereocenters. The van der Waals surface area contributed by atoms with Crippen LogP contribution in [-0.2, 0) is 10.0 Å². The van der Waals surface area contributed by atoms with Crippen LogP contribution in [0.25, 0.3) is 0 Å². The van der Waals surface area contributed by atoms with Crippen LogP contribution in [0, 0.1) is 5.92 Å². The van der Waals surface area contributed by atoms with Gasteiger partial charge in [0, 0.05) is 15.5 Å². The second-order valence-corrected chi connectivity index (χ2v) is 8.39. The standard InChI is InChI=1S/C16H15BrClNO2S/c17-14-3-1-2-4-15(14)22(20,21)19-16(11-5-6-11)12-7-9-13(18)10-8-12/h1-4,7-11,16,19H,5-6H2/t16-/m0/s1. The molecule has 1 N–H and O–H groups in total. The van der Waals surface area contributed by atoms with Gasteiger partial charge in [0.25, 0.3) is 0 Å². The van der Waals surface area contributed by atoms with E-state index in [4.69, 9.17) is 11.6 Å². The highest BCUT2D eigenvalue weighted by Gasteiger charge is 2.35. The zero-order chi connectivity index (χ0) is 15.7. The molecule has 0 radical (unpaired) electrons. The molecular weight excluding hydrogens is 386 g/mol. The van der Waals surface area contributed by atoms with Crippen molar-refractivity contribution >= 4 is 37.6 Å². The second kappa shape index (κ2) is 6.32. The monoisotopic (exact) mass is 399 g/mol. The molecule has 1 fully saturated rings. The van der Waals surface area contributed by atoms with Crippen LogP contribution in [0.2, 0.25) is 5.02 Å². The fraction of sp³-hybridized carbons (Fsp3) is 0.250. The largest absolute Gasteiger partial charge is 0.242 e. The fourth-order valence-corrected chi connectivity index (χ4v) is 4.85. The SMILES string of the molecule is O=S(=O)(N[C@H](c1ccc(Cl)cc1)C1CC1)c1ccccc1Br. The first kappa shape index (κ1) is 16.0. The topological polar surface area (TPSA) is 46.2 Å². The Morgan fingerprint density at radius 1 is 1.09 bits per heavy atom. The number of benzene rings is 2. The Morgan fingerprint density at radius 3 is 2.32 bits per heavy atom. The van der Waals surface area contributed by atoms with Crippen LogP contribution < -0.4 is 4.72 Å². The van der Waals surface area contributed by atoms with Gasteiger partial charge in [0.2, 0.25) is 10.0 Å². The predicted octanol–water partition coefficient (Wildman–Crippen LogP) is 4.53. The lowest BCUT2D eigenvalue weighted by Gasteiger charge is -2.19.